The van der Waals surface area contributed by atoms with E-state index in [2.05, 4.69) is 4.98 Å². The maximum Gasteiger partial charge on any atom is 0.305 e. The van der Waals surface area contributed by atoms with Crippen molar-refractivity contribution in [3.8, 4) is 0 Å². The number of aromatic nitrogens is 1. The summed E-state index contributed by atoms with van der Waals surface area (Å²) < 4.78 is 19.1. The van der Waals surface area contributed by atoms with Gasteiger partial charge in [-0.05, 0) is 18.2 Å². The molecule has 0 spiro atoms. The van der Waals surface area contributed by atoms with E-state index in [1.807, 2.05) is 0 Å². The molecule has 2 heterocycles. The summed E-state index contributed by atoms with van der Waals surface area (Å²) in [5.41, 5.74) is 0.539. The zero-order valence-electron chi connectivity index (χ0n) is 12.2. The van der Waals surface area contributed by atoms with E-state index >= 15 is 0 Å². The van der Waals surface area contributed by atoms with Gasteiger partial charge in [-0.1, -0.05) is 6.07 Å². The van der Waals surface area contributed by atoms with Gasteiger partial charge in [0.15, 0.2) is 0 Å². The summed E-state index contributed by atoms with van der Waals surface area (Å²) in [6.07, 6.45) is 1.32. The monoisotopic (exact) mass is 318 g/mol. The van der Waals surface area contributed by atoms with Gasteiger partial charge in [-0.3, -0.25) is 14.6 Å². The van der Waals surface area contributed by atoms with Crippen molar-refractivity contribution in [2.24, 2.45) is 0 Å². The van der Waals surface area contributed by atoms with E-state index < -0.39 is 23.7 Å². The molecule has 1 fully saturated rings. The average Bonchev–Trinajstić information content (AvgIpc) is 2.53. The maximum absolute atomic E-state index is 13.8. The number of carbonyl (C=O) groups excluding carboxylic acids is 1. The molecule has 0 saturated carbocycles. The van der Waals surface area contributed by atoms with Crippen LogP contribution in [0.1, 0.15) is 16.8 Å². The molecule has 120 valence electrons. The first-order chi connectivity index (χ1) is 11.1. The number of morpholine rings is 1. The Kier molecular flexibility index (Phi) is 4.20. The Morgan fingerprint density at radius 3 is 3.04 bits per heavy atom. The second-order valence-corrected chi connectivity index (χ2v) is 5.35. The Morgan fingerprint density at radius 2 is 2.26 bits per heavy atom. The number of pyridine rings is 1. The van der Waals surface area contributed by atoms with Gasteiger partial charge < -0.3 is 14.7 Å². The Hall–Kier alpha value is -2.54. The second kappa shape index (κ2) is 6.29. The van der Waals surface area contributed by atoms with E-state index in [1.54, 1.807) is 12.1 Å². The topological polar surface area (TPSA) is 79.7 Å². The standard InChI is InChI=1S/C16H15FN2O4/c17-11-6-10-2-1-3-18-15(10)13(7-11)16(22)19-4-5-23-9-12(19)8-14(20)21/h1-3,6-7,12H,4-5,8-9H2,(H,20,21)/t12-/m1/s1. The van der Waals surface area contributed by atoms with E-state index in [0.29, 0.717) is 17.5 Å². The lowest BCUT2D eigenvalue weighted by Gasteiger charge is -2.35. The molecule has 7 heteroatoms. The molecule has 1 aliphatic heterocycles. The van der Waals surface area contributed by atoms with Crippen LogP contribution in [0.5, 0.6) is 0 Å². The predicted molar refractivity (Wildman–Crippen MR) is 79.6 cm³/mol. The number of carbonyl (C=O) groups is 2. The molecule has 1 aromatic heterocycles. The second-order valence-electron chi connectivity index (χ2n) is 5.35. The van der Waals surface area contributed by atoms with Crippen LogP contribution >= 0.6 is 0 Å². The molecule has 1 aliphatic rings. The first kappa shape index (κ1) is 15.4. The highest BCUT2D eigenvalue weighted by Gasteiger charge is 2.31. The van der Waals surface area contributed by atoms with Crippen LogP contribution in [0.25, 0.3) is 10.9 Å². The van der Waals surface area contributed by atoms with Gasteiger partial charge in [0, 0.05) is 18.1 Å². The summed E-state index contributed by atoms with van der Waals surface area (Å²) in [5, 5.41) is 9.51. The summed E-state index contributed by atoms with van der Waals surface area (Å²) in [4.78, 5) is 29.4. The minimum absolute atomic E-state index is 0.137. The Bertz CT molecular complexity index is 765. The summed E-state index contributed by atoms with van der Waals surface area (Å²) in [6.45, 7) is 0.739. The lowest BCUT2D eigenvalue weighted by atomic mass is 10.1. The predicted octanol–water partition coefficient (Wildman–Crippen LogP) is 1.69. The number of rotatable bonds is 3. The lowest BCUT2D eigenvalue weighted by Crippen LogP contribution is -2.49. The van der Waals surface area contributed by atoms with Gasteiger partial charge in [0.1, 0.15) is 5.82 Å². The van der Waals surface area contributed by atoms with Crippen LogP contribution in [0.4, 0.5) is 4.39 Å². The minimum Gasteiger partial charge on any atom is -0.481 e. The van der Waals surface area contributed by atoms with Crippen molar-refractivity contribution in [2.45, 2.75) is 12.5 Å². The molecular weight excluding hydrogens is 303 g/mol. The van der Waals surface area contributed by atoms with E-state index in [4.69, 9.17) is 9.84 Å². The molecule has 0 radical (unpaired) electrons. The van der Waals surface area contributed by atoms with Crippen molar-refractivity contribution in [1.82, 2.24) is 9.88 Å². The van der Waals surface area contributed by atoms with E-state index in [-0.39, 0.29) is 25.1 Å². The molecule has 1 amide bonds. The Morgan fingerprint density at radius 1 is 1.43 bits per heavy atom. The van der Waals surface area contributed by atoms with Crippen molar-refractivity contribution >= 4 is 22.8 Å². The smallest absolute Gasteiger partial charge is 0.305 e. The van der Waals surface area contributed by atoms with Crippen LogP contribution in [0.3, 0.4) is 0 Å². The summed E-state index contributed by atoms with van der Waals surface area (Å²) in [6, 6.07) is 5.22. The number of hydrogen-bond acceptors (Lipinski definition) is 4. The quantitative estimate of drug-likeness (QED) is 0.931. The molecule has 0 unspecified atom stereocenters. The average molecular weight is 318 g/mol. The fourth-order valence-corrected chi connectivity index (χ4v) is 2.77. The largest absolute Gasteiger partial charge is 0.481 e. The molecule has 1 aromatic carbocycles. The van der Waals surface area contributed by atoms with Crippen LogP contribution in [0.15, 0.2) is 30.5 Å². The van der Waals surface area contributed by atoms with Gasteiger partial charge >= 0.3 is 5.97 Å². The Balaban J connectivity index is 2.00. The van der Waals surface area contributed by atoms with Crippen molar-refractivity contribution in [3.63, 3.8) is 0 Å². The first-order valence-corrected chi connectivity index (χ1v) is 7.21. The van der Waals surface area contributed by atoms with Gasteiger partial charge in [-0.15, -0.1) is 0 Å². The van der Waals surface area contributed by atoms with Gasteiger partial charge in [0.2, 0.25) is 0 Å². The number of ether oxygens (including phenoxy) is 1. The highest BCUT2D eigenvalue weighted by molar-refractivity contribution is 6.05. The van der Waals surface area contributed by atoms with E-state index in [9.17, 15) is 14.0 Å². The number of carboxylic acid groups (broad SMARTS) is 1. The summed E-state index contributed by atoms with van der Waals surface area (Å²) in [7, 11) is 0. The van der Waals surface area contributed by atoms with Gasteiger partial charge in [0.25, 0.3) is 5.91 Å². The molecular formula is C16H15FN2O4. The number of benzene rings is 1. The molecule has 2 aromatic rings. The third-order valence-corrected chi connectivity index (χ3v) is 3.80. The highest BCUT2D eigenvalue weighted by Crippen LogP contribution is 2.22. The number of amides is 1. The van der Waals surface area contributed by atoms with Gasteiger partial charge in [-0.2, -0.15) is 0 Å². The first-order valence-electron chi connectivity index (χ1n) is 7.21. The molecule has 23 heavy (non-hydrogen) atoms. The van der Waals surface area contributed by atoms with Crippen molar-refractivity contribution < 1.29 is 23.8 Å². The minimum atomic E-state index is -1.01. The fourth-order valence-electron chi connectivity index (χ4n) is 2.77. The third-order valence-electron chi connectivity index (χ3n) is 3.80. The van der Waals surface area contributed by atoms with Gasteiger partial charge in [-0.25, -0.2) is 4.39 Å². The summed E-state index contributed by atoms with van der Waals surface area (Å²) in [5.74, 6) is -1.97. The highest BCUT2D eigenvalue weighted by atomic mass is 19.1. The molecule has 3 rings (SSSR count). The molecule has 6 nitrogen and oxygen atoms in total. The van der Waals surface area contributed by atoms with Crippen LogP contribution in [-0.2, 0) is 9.53 Å². The Labute approximate surface area is 131 Å². The molecule has 1 atom stereocenters. The van der Waals surface area contributed by atoms with Crippen LogP contribution in [0, 0.1) is 5.82 Å². The SMILES string of the molecule is O=C(O)C[C@@H]1COCCN1C(=O)c1cc(F)cc2cccnc12. The normalized spacial score (nSPS) is 18.1. The molecule has 0 aliphatic carbocycles. The fraction of sp³-hybridized carbons (Fsp3) is 0.312. The van der Waals surface area contributed by atoms with Crippen molar-refractivity contribution in [1.29, 1.82) is 0 Å². The number of hydrogen-bond donors (Lipinski definition) is 1. The zero-order chi connectivity index (χ0) is 16.4. The van der Waals surface area contributed by atoms with Crippen LogP contribution in [0.2, 0.25) is 0 Å². The van der Waals surface area contributed by atoms with Crippen molar-refractivity contribution in [3.05, 3.63) is 41.8 Å². The van der Waals surface area contributed by atoms with Gasteiger partial charge in [0.05, 0.1) is 36.8 Å². The molecule has 0 bridgehead atoms. The zero-order valence-corrected chi connectivity index (χ0v) is 12.2. The number of fused-ring (bicyclic) bond motifs is 1. The number of aliphatic carboxylic acids is 1. The number of halogens is 1. The number of carboxylic acids is 1. The summed E-state index contributed by atoms with van der Waals surface area (Å²) >= 11 is 0. The lowest BCUT2D eigenvalue weighted by molar-refractivity contribution is -0.139. The third kappa shape index (κ3) is 3.14. The van der Waals surface area contributed by atoms with E-state index in [0.717, 1.165) is 6.07 Å². The van der Waals surface area contributed by atoms with Crippen LogP contribution < -0.4 is 0 Å². The maximum atomic E-state index is 13.8. The van der Waals surface area contributed by atoms with Crippen molar-refractivity contribution in [2.75, 3.05) is 19.8 Å². The molecule has 1 N–H and O–H groups in total. The number of nitrogens with zero attached hydrogens (tertiary/aromatic N) is 2. The van der Waals surface area contributed by atoms with Crippen LogP contribution in [-0.4, -0.2) is 52.7 Å². The van der Waals surface area contributed by atoms with E-state index in [1.165, 1.54) is 17.2 Å². The molecule has 1 saturated heterocycles.